The average molecular weight is 512 g/mol. The highest BCUT2D eigenvalue weighted by atomic mass is 19.4. The van der Waals surface area contributed by atoms with Crippen molar-refractivity contribution in [3.63, 3.8) is 0 Å². The highest BCUT2D eigenvalue weighted by Gasteiger charge is 2.29. The van der Waals surface area contributed by atoms with E-state index in [2.05, 4.69) is 5.32 Å². The van der Waals surface area contributed by atoms with E-state index in [-0.39, 0.29) is 30.8 Å². The number of nitrogens with two attached hydrogens (primary N) is 1. The highest BCUT2D eigenvalue weighted by Crippen LogP contribution is 2.30. The maximum Gasteiger partial charge on any atom is 0.422 e. The predicted octanol–water partition coefficient (Wildman–Crippen LogP) is 3.80. The van der Waals surface area contributed by atoms with Crippen molar-refractivity contribution in [2.24, 2.45) is 5.73 Å². The van der Waals surface area contributed by atoms with Crippen LogP contribution in [-0.4, -0.2) is 54.2 Å². The van der Waals surface area contributed by atoms with Crippen molar-refractivity contribution < 1.29 is 36.9 Å². The Bertz CT molecular complexity index is 1180. The normalized spacial score (nSPS) is 12.6. The van der Waals surface area contributed by atoms with Gasteiger partial charge in [0.1, 0.15) is 12.4 Å². The van der Waals surface area contributed by atoms with Crippen molar-refractivity contribution in [2.45, 2.75) is 38.5 Å². The van der Waals surface area contributed by atoms with Crippen LogP contribution in [0, 0.1) is 5.82 Å². The third-order valence-corrected chi connectivity index (χ3v) is 5.43. The van der Waals surface area contributed by atoms with Crippen LogP contribution >= 0.6 is 0 Å². The molecule has 4 N–H and O–H groups in total. The number of nitrogens with one attached hydrogen (secondary N) is 1. The summed E-state index contributed by atoms with van der Waals surface area (Å²) in [6.45, 7) is 1.42. The van der Waals surface area contributed by atoms with Crippen LogP contribution in [0.15, 0.2) is 42.6 Å². The van der Waals surface area contributed by atoms with E-state index in [1.807, 2.05) is 29.8 Å². The number of alkyl halides is 3. The number of fused-ring (bicyclic) bond motifs is 1. The van der Waals surface area contributed by atoms with E-state index in [1.165, 1.54) is 0 Å². The molecule has 0 saturated heterocycles. The van der Waals surface area contributed by atoms with Crippen LogP contribution in [0.25, 0.3) is 10.9 Å². The molecule has 2 aromatic carbocycles. The summed E-state index contributed by atoms with van der Waals surface area (Å²) in [6.07, 6.45) is -1.55. The van der Waals surface area contributed by atoms with Crippen LogP contribution < -0.4 is 20.5 Å². The predicted molar refractivity (Wildman–Crippen MR) is 127 cm³/mol. The minimum Gasteiger partial charge on any atom is -0.488 e. The molecule has 0 saturated carbocycles. The average Bonchev–Trinajstić information content (AvgIpc) is 3.21. The number of benzene rings is 2. The van der Waals surface area contributed by atoms with Gasteiger partial charge >= 0.3 is 6.18 Å². The molecule has 0 radical (unpaired) electrons. The van der Waals surface area contributed by atoms with Gasteiger partial charge in [0.05, 0.1) is 11.1 Å². The van der Waals surface area contributed by atoms with Gasteiger partial charge in [-0.1, -0.05) is 0 Å². The fourth-order valence-electron chi connectivity index (χ4n) is 3.91. The SMILES string of the molecule is C[C@H](Cc1cc(C(N)=O)c2c(ccn2CCCO)c1)NCCOc1cc(F)ccc1OCC(F)(F)F. The summed E-state index contributed by atoms with van der Waals surface area (Å²) in [5.74, 6) is -1.51. The molecule has 0 unspecified atom stereocenters. The van der Waals surface area contributed by atoms with Gasteiger partial charge < -0.3 is 30.2 Å². The van der Waals surface area contributed by atoms with Gasteiger partial charge in [0.15, 0.2) is 18.1 Å². The number of ether oxygens (including phenoxy) is 2. The van der Waals surface area contributed by atoms with E-state index in [4.69, 9.17) is 20.3 Å². The Labute approximate surface area is 205 Å². The number of amides is 1. The van der Waals surface area contributed by atoms with Crippen molar-refractivity contribution in [2.75, 3.05) is 26.4 Å². The number of hydrogen-bond donors (Lipinski definition) is 3. The van der Waals surface area contributed by atoms with Crippen LogP contribution in [-0.2, 0) is 13.0 Å². The number of nitrogens with zero attached hydrogens (tertiary/aromatic N) is 1. The maximum atomic E-state index is 13.5. The lowest BCUT2D eigenvalue weighted by Crippen LogP contribution is -2.32. The number of primary amides is 1. The monoisotopic (exact) mass is 511 g/mol. The fraction of sp³-hybridized carbons (Fsp3) is 0.400. The summed E-state index contributed by atoms with van der Waals surface area (Å²) >= 11 is 0. The summed E-state index contributed by atoms with van der Waals surface area (Å²) in [5.41, 5.74) is 7.65. The van der Waals surface area contributed by atoms with E-state index < -0.39 is 24.5 Å². The van der Waals surface area contributed by atoms with E-state index in [0.717, 1.165) is 34.7 Å². The zero-order chi connectivity index (χ0) is 26.3. The molecular formula is C25H29F4N3O4. The first-order chi connectivity index (χ1) is 17.1. The summed E-state index contributed by atoms with van der Waals surface area (Å²) in [7, 11) is 0. The van der Waals surface area contributed by atoms with E-state index in [1.54, 1.807) is 6.07 Å². The first kappa shape index (κ1) is 27.3. The van der Waals surface area contributed by atoms with Gasteiger partial charge in [-0.05, 0) is 55.7 Å². The second kappa shape index (κ2) is 12.1. The second-order valence-corrected chi connectivity index (χ2v) is 8.43. The molecule has 3 rings (SSSR count). The molecule has 0 aliphatic heterocycles. The number of halogens is 4. The first-order valence-corrected chi connectivity index (χ1v) is 11.4. The maximum absolute atomic E-state index is 13.5. The first-order valence-electron chi connectivity index (χ1n) is 11.4. The van der Waals surface area contributed by atoms with Gasteiger partial charge in [0.25, 0.3) is 5.91 Å². The largest absolute Gasteiger partial charge is 0.488 e. The van der Waals surface area contributed by atoms with E-state index >= 15 is 0 Å². The van der Waals surface area contributed by atoms with Gasteiger partial charge in [0.2, 0.25) is 0 Å². The standard InChI is InChI=1S/C25H29F4N3O4/c1-16(31-6-10-35-22-14-19(26)3-4-21(22)36-15-25(27,28)29)11-17-12-18-5-8-32(7-2-9-33)23(18)20(13-17)24(30)34/h3-5,8,12-14,16,31,33H,2,6-7,9-11,15H2,1H3,(H2,30,34)/t16-/m1/s1. The van der Waals surface area contributed by atoms with Gasteiger partial charge in [-0.3, -0.25) is 4.79 Å². The van der Waals surface area contributed by atoms with E-state index in [9.17, 15) is 22.4 Å². The Morgan fingerprint density at radius 2 is 1.94 bits per heavy atom. The zero-order valence-corrected chi connectivity index (χ0v) is 19.8. The lowest BCUT2D eigenvalue weighted by atomic mass is 10.0. The molecule has 1 aromatic heterocycles. The number of carbonyl (C=O) groups excluding carboxylic acids is 1. The molecule has 1 amide bonds. The molecule has 11 heteroatoms. The van der Waals surface area contributed by atoms with Gasteiger partial charge in [0, 0.05) is 43.4 Å². The summed E-state index contributed by atoms with van der Waals surface area (Å²) in [4.78, 5) is 12.1. The summed E-state index contributed by atoms with van der Waals surface area (Å²) in [6, 6.07) is 8.65. The highest BCUT2D eigenvalue weighted by molar-refractivity contribution is 6.05. The molecule has 1 heterocycles. The Morgan fingerprint density at radius 1 is 1.17 bits per heavy atom. The summed E-state index contributed by atoms with van der Waals surface area (Å²) in [5, 5.41) is 13.2. The Balaban J connectivity index is 1.58. The Kier molecular flexibility index (Phi) is 9.16. The van der Waals surface area contributed by atoms with Crippen LogP contribution in [0.2, 0.25) is 0 Å². The van der Waals surface area contributed by atoms with Crippen LogP contribution in [0.5, 0.6) is 11.5 Å². The Hall–Kier alpha value is -3.31. The van der Waals surface area contributed by atoms with E-state index in [0.29, 0.717) is 31.5 Å². The topological polar surface area (TPSA) is 98.7 Å². The quantitative estimate of drug-likeness (QED) is 0.240. The fourth-order valence-corrected chi connectivity index (χ4v) is 3.91. The third-order valence-electron chi connectivity index (χ3n) is 5.43. The molecule has 0 fully saturated rings. The van der Waals surface area contributed by atoms with Crippen molar-refractivity contribution in [1.82, 2.24) is 9.88 Å². The number of carbonyl (C=O) groups is 1. The molecule has 0 aliphatic rings. The number of hydrogen-bond acceptors (Lipinski definition) is 5. The molecule has 7 nitrogen and oxygen atoms in total. The number of aromatic nitrogens is 1. The lowest BCUT2D eigenvalue weighted by molar-refractivity contribution is -0.153. The molecule has 36 heavy (non-hydrogen) atoms. The second-order valence-electron chi connectivity index (χ2n) is 8.43. The molecule has 0 bridgehead atoms. The van der Waals surface area contributed by atoms with Crippen LogP contribution in [0.1, 0.15) is 29.3 Å². The minimum absolute atomic E-state index is 0.0394. The van der Waals surface area contributed by atoms with Crippen molar-refractivity contribution in [3.05, 3.63) is 59.5 Å². The number of aryl methyl sites for hydroxylation is 1. The lowest BCUT2D eigenvalue weighted by Gasteiger charge is -2.17. The minimum atomic E-state index is -4.53. The van der Waals surface area contributed by atoms with Crippen molar-refractivity contribution in [1.29, 1.82) is 0 Å². The van der Waals surface area contributed by atoms with Crippen molar-refractivity contribution >= 4 is 16.8 Å². The molecule has 3 aromatic rings. The third kappa shape index (κ3) is 7.59. The molecule has 1 atom stereocenters. The molecule has 0 aliphatic carbocycles. The van der Waals surface area contributed by atoms with Crippen LogP contribution in [0.4, 0.5) is 17.6 Å². The Morgan fingerprint density at radius 3 is 2.64 bits per heavy atom. The number of rotatable bonds is 13. The number of aliphatic hydroxyl groups excluding tert-OH is 1. The number of aliphatic hydroxyl groups is 1. The summed E-state index contributed by atoms with van der Waals surface area (Å²) < 4.78 is 62.9. The molecular weight excluding hydrogens is 482 g/mol. The zero-order valence-electron chi connectivity index (χ0n) is 19.8. The van der Waals surface area contributed by atoms with Crippen molar-refractivity contribution in [3.8, 4) is 11.5 Å². The van der Waals surface area contributed by atoms with Gasteiger partial charge in [-0.15, -0.1) is 0 Å². The van der Waals surface area contributed by atoms with Gasteiger partial charge in [-0.25, -0.2) is 4.39 Å². The molecule has 196 valence electrons. The smallest absolute Gasteiger partial charge is 0.422 e. The van der Waals surface area contributed by atoms with Gasteiger partial charge in [-0.2, -0.15) is 13.2 Å². The van der Waals surface area contributed by atoms with Crippen LogP contribution in [0.3, 0.4) is 0 Å². The molecule has 0 spiro atoms.